The van der Waals surface area contributed by atoms with E-state index < -0.39 is 17.7 Å². The lowest BCUT2D eigenvalue weighted by Crippen LogP contribution is -2.54. The molecule has 1 aliphatic rings. The first-order chi connectivity index (χ1) is 13.6. The summed E-state index contributed by atoms with van der Waals surface area (Å²) in [7, 11) is 4.03. The van der Waals surface area contributed by atoms with Gasteiger partial charge in [0.05, 0.1) is 0 Å². The molecule has 3 N–H and O–H groups in total. The molecule has 0 unspecified atom stereocenters. The zero-order chi connectivity index (χ0) is 21.9. The van der Waals surface area contributed by atoms with Crippen molar-refractivity contribution >= 4 is 17.9 Å². The Labute approximate surface area is 174 Å². The molecule has 1 fully saturated rings. The van der Waals surface area contributed by atoms with Crippen LogP contribution < -0.4 is 16.0 Å². The third-order valence-corrected chi connectivity index (χ3v) is 4.43. The number of hydrogen-bond donors (Lipinski definition) is 3. The summed E-state index contributed by atoms with van der Waals surface area (Å²) in [6.45, 7) is 9.30. The van der Waals surface area contributed by atoms with Crippen LogP contribution in [-0.4, -0.2) is 92.7 Å². The van der Waals surface area contributed by atoms with E-state index in [0.29, 0.717) is 19.5 Å². The molecular weight excluding hydrogens is 374 g/mol. The average molecular weight is 414 g/mol. The van der Waals surface area contributed by atoms with Gasteiger partial charge >= 0.3 is 6.09 Å². The van der Waals surface area contributed by atoms with E-state index in [-0.39, 0.29) is 24.8 Å². The van der Waals surface area contributed by atoms with Gasteiger partial charge in [-0.1, -0.05) is 0 Å². The molecule has 1 aliphatic heterocycles. The van der Waals surface area contributed by atoms with E-state index in [1.54, 1.807) is 20.8 Å². The van der Waals surface area contributed by atoms with Gasteiger partial charge in [-0.3, -0.25) is 9.59 Å². The summed E-state index contributed by atoms with van der Waals surface area (Å²) < 4.78 is 5.15. The van der Waals surface area contributed by atoms with Crippen LogP contribution in [0.5, 0.6) is 0 Å². The number of carbonyl (C=O) groups is 3. The van der Waals surface area contributed by atoms with Crippen LogP contribution in [0.4, 0.5) is 4.79 Å². The smallest absolute Gasteiger partial charge is 0.407 e. The minimum atomic E-state index is -0.584. The van der Waals surface area contributed by atoms with Crippen molar-refractivity contribution in [3.63, 3.8) is 0 Å². The first-order valence-corrected chi connectivity index (χ1v) is 10.5. The summed E-state index contributed by atoms with van der Waals surface area (Å²) in [6.07, 6.45) is 1.98. The van der Waals surface area contributed by atoms with Gasteiger partial charge in [0, 0.05) is 39.1 Å². The molecule has 0 aliphatic carbocycles. The Kier molecular flexibility index (Phi) is 11.0. The van der Waals surface area contributed by atoms with Crippen LogP contribution in [0.1, 0.15) is 46.5 Å². The molecule has 3 amide bonds. The summed E-state index contributed by atoms with van der Waals surface area (Å²) in [6, 6.07) is -0.524. The monoisotopic (exact) mass is 413 g/mol. The van der Waals surface area contributed by atoms with Gasteiger partial charge in [0.2, 0.25) is 11.8 Å². The molecule has 1 atom stereocenters. The number of nitrogens with one attached hydrogen (secondary N) is 3. The second kappa shape index (κ2) is 12.6. The van der Waals surface area contributed by atoms with Crippen molar-refractivity contribution in [2.24, 2.45) is 0 Å². The fraction of sp³-hybridized carbons (Fsp3) is 0.850. The van der Waals surface area contributed by atoms with E-state index in [1.165, 1.54) is 0 Å². The van der Waals surface area contributed by atoms with Crippen LogP contribution in [0, 0.1) is 0 Å². The molecule has 9 heteroatoms. The highest BCUT2D eigenvalue weighted by Crippen LogP contribution is 2.08. The third-order valence-electron chi connectivity index (χ3n) is 4.43. The third kappa shape index (κ3) is 11.7. The highest BCUT2D eigenvalue weighted by atomic mass is 16.6. The van der Waals surface area contributed by atoms with Gasteiger partial charge in [-0.05, 0) is 60.7 Å². The predicted octanol–water partition coefficient (Wildman–Crippen LogP) is 0.550. The minimum absolute atomic E-state index is 0.0233. The number of ether oxygens (including phenoxy) is 1. The Morgan fingerprint density at radius 2 is 1.79 bits per heavy atom. The van der Waals surface area contributed by atoms with Crippen LogP contribution in [0.3, 0.4) is 0 Å². The molecule has 1 rings (SSSR count). The van der Waals surface area contributed by atoms with Gasteiger partial charge in [-0.15, -0.1) is 0 Å². The number of amides is 3. The van der Waals surface area contributed by atoms with Crippen LogP contribution in [0.15, 0.2) is 0 Å². The van der Waals surface area contributed by atoms with Crippen LogP contribution in [0.2, 0.25) is 0 Å². The quantitative estimate of drug-likeness (QED) is 0.452. The molecule has 0 bridgehead atoms. The highest BCUT2D eigenvalue weighted by Gasteiger charge is 2.26. The molecule has 1 heterocycles. The Hall–Kier alpha value is -1.87. The van der Waals surface area contributed by atoms with E-state index >= 15 is 0 Å². The van der Waals surface area contributed by atoms with E-state index in [1.807, 2.05) is 19.0 Å². The predicted molar refractivity (Wildman–Crippen MR) is 113 cm³/mol. The molecular formula is C20H39N5O4. The molecule has 0 aromatic carbocycles. The standard InChI is InChI=1S/C20H39N5O4/c1-20(2,3)29-19(28)22-10-9-17(26)23-16(8-6-7-13-24(4)5)18(27)25-14-11-21-12-15-25/h16,21H,6-15H2,1-5H3,(H,22,28)(H,23,26)/t16-/m0/s1. The SMILES string of the molecule is CN(C)CCCC[C@H](NC(=O)CCNC(=O)OC(C)(C)C)C(=O)N1CCNCC1. The first-order valence-electron chi connectivity index (χ1n) is 10.5. The Morgan fingerprint density at radius 1 is 1.14 bits per heavy atom. The molecule has 0 aromatic rings. The second-order valence-electron chi connectivity index (χ2n) is 8.67. The zero-order valence-electron chi connectivity index (χ0n) is 18.7. The number of alkyl carbamates (subject to hydrolysis) is 1. The number of unbranched alkanes of at least 4 members (excludes halogenated alkanes) is 1. The average Bonchev–Trinajstić information content (AvgIpc) is 2.62. The zero-order valence-corrected chi connectivity index (χ0v) is 18.7. The number of piperazine rings is 1. The van der Waals surface area contributed by atoms with E-state index in [0.717, 1.165) is 32.5 Å². The summed E-state index contributed by atoms with van der Waals surface area (Å²) in [5, 5.41) is 8.67. The van der Waals surface area contributed by atoms with Gasteiger partial charge in [0.25, 0.3) is 0 Å². The van der Waals surface area contributed by atoms with Gasteiger partial charge in [-0.25, -0.2) is 4.79 Å². The molecule has 9 nitrogen and oxygen atoms in total. The van der Waals surface area contributed by atoms with Crippen molar-refractivity contribution in [3.05, 3.63) is 0 Å². The number of carbonyl (C=O) groups excluding carboxylic acids is 3. The van der Waals surface area contributed by atoms with Crippen LogP contribution in [0.25, 0.3) is 0 Å². The van der Waals surface area contributed by atoms with Crippen molar-refractivity contribution in [2.45, 2.75) is 58.1 Å². The maximum Gasteiger partial charge on any atom is 0.407 e. The van der Waals surface area contributed by atoms with Crippen molar-refractivity contribution < 1.29 is 19.1 Å². The summed E-state index contributed by atoms with van der Waals surface area (Å²) >= 11 is 0. The lowest BCUT2D eigenvalue weighted by molar-refractivity contribution is -0.137. The highest BCUT2D eigenvalue weighted by molar-refractivity contribution is 5.88. The lowest BCUT2D eigenvalue weighted by Gasteiger charge is -2.31. The molecule has 0 aromatic heterocycles. The lowest BCUT2D eigenvalue weighted by atomic mass is 10.1. The number of rotatable bonds is 10. The fourth-order valence-electron chi connectivity index (χ4n) is 3.00. The normalized spacial score (nSPS) is 15.7. The maximum absolute atomic E-state index is 12.9. The molecule has 0 spiro atoms. The topological polar surface area (TPSA) is 103 Å². The molecule has 29 heavy (non-hydrogen) atoms. The van der Waals surface area contributed by atoms with E-state index in [4.69, 9.17) is 4.74 Å². The summed E-state index contributed by atoms with van der Waals surface area (Å²) in [4.78, 5) is 40.8. The van der Waals surface area contributed by atoms with Gasteiger partial charge in [0.1, 0.15) is 11.6 Å². The van der Waals surface area contributed by atoms with Gasteiger partial charge in [0.15, 0.2) is 0 Å². The van der Waals surface area contributed by atoms with Crippen molar-refractivity contribution in [3.8, 4) is 0 Å². The number of nitrogens with zero attached hydrogens (tertiary/aromatic N) is 2. The van der Waals surface area contributed by atoms with Crippen LogP contribution in [-0.2, 0) is 14.3 Å². The molecule has 1 saturated heterocycles. The second-order valence-corrected chi connectivity index (χ2v) is 8.67. The van der Waals surface area contributed by atoms with Crippen molar-refractivity contribution in [2.75, 3.05) is 53.4 Å². The molecule has 168 valence electrons. The summed E-state index contributed by atoms with van der Waals surface area (Å²) in [5.74, 6) is -0.271. The van der Waals surface area contributed by atoms with Crippen LogP contribution >= 0.6 is 0 Å². The molecule has 0 saturated carbocycles. The number of hydrogen-bond acceptors (Lipinski definition) is 6. The maximum atomic E-state index is 12.9. The van der Waals surface area contributed by atoms with E-state index in [9.17, 15) is 14.4 Å². The largest absolute Gasteiger partial charge is 0.444 e. The fourth-order valence-corrected chi connectivity index (χ4v) is 3.00. The Morgan fingerprint density at radius 3 is 2.38 bits per heavy atom. The van der Waals surface area contributed by atoms with Gasteiger partial charge in [-0.2, -0.15) is 0 Å². The Balaban J connectivity index is 2.50. The van der Waals surface area contributed by atoms with Gasteiger partial charge < -0.3 is 30.5 Å². The summed E-state index contributed by atoms with van der Waals surface area (Å²) in [5.41, 5.74) is -0.584. The first kappa shape index (κ1) is 25.2. The van der Waals surface area contributed by atoms with Crippen molar-refractivity contribution in [1.82, 2.24) is 25.8 Å². The van der Waals surface area contributed by atoms with E-state index in [2.05, 4.69) is 20.9 Å². The van der Waals surface area contributed by atoms with Crippen molar-refractivity contribution in [1.29, 1.82) is 0 Å². The minimum Gasteiger partial charge on any atom is -0.444 e. The Bertz CT molecular complexity index is 527. The molecule has 0 radical (unpaired) electrons.